The average molecular weight is 323 g/mol. The molecule has 2 rings (SSSR count). The predicted molar refractivity (Wildman–Crippen MR) is 74.4 cm³/mol. The van der Waals surface area contributed by atoms with Gasteiger partial charge in [0.1, 0.15) is 4.90 Å². The Morgan fingerprint density at radius 1 is 1.55 bits per heavy atom. The smallest absolute Gasteiger partial charge is 0.246 e. The summed E-state index contributed by atoms with van der Waals surface area (Å²) in [6.07, 6.45) is 0.613. The van der Waals surface area contributed by atoms with Gasteiger partial charge in [-0.1, -0.05) is 18.5 Å². The van der Waals surface area contributed by atoms with Gasteiger partial charge < -0.3 is 10.8 Å². The molecule has 1 aliphatic heterocycles. The molecule has 1 heterocycles. The molecular formula is C12H16ClFN2O3S. The second kappa shape index (κ2) is 5.48. The van der Waals surface area contributed by atoms with Gasteiger partial charge in [-0.15, -0.1) is 0 Å². The number of rotatable bonds is 3. The van der Waals surface area contributed by atoms with Crippen LogP contribution in [0.5, 0.6) is 0 Å². The van der Waals surface area contributed by atoms with E-state index in [-0.39, 0.29) is 29.8 Å². The Bertz CT molecular complexity index is 623. The Balaban J connectivity index is 2.51. The van der Waals surface area contributed by atoms with Crippen molar-refractivity contribution in [1.82, 2.24) is 4.31 Å². The number of hydrogen-bond acceptors (Lipinski definition) is 4. The van der Waals surface area contributed by atoms with Gasteiger partial charge >= 0.3 is 0 Å². The molecule has 1 fully saturated rings. The molecule has 2 unspecified atom stereocenters. The fourth-order valence-corrected chi connectivity index (χ4v) is 4.57. The summed E-state index contributed by atoms with van der Waals surface area (Å²) in [7, 11) is -4.07. The van der Waals surface area contributed by atoms with E-state index in [1.165, 1.54) is 0 Å². The number of anilines is 1. The molecule has 0 radical (unpaired) electrons. The molecule has 2 atom stereocenters. The van der Waals surface area contributed by atoms with Crippen molar-refractivity contribution in [3.8, 4) is 0 Å². The van der Waals surface area contributed by atoms with Crippen molar-refractivity contribution in [2.45, 2.75) is 24.3 Å². The molecule has 1 aliphatic rings. The van der Waals surface area contributed by atoms with Gasteiger partial charge in [0.25, 0.3) is 0 Å². The average Bonchev–Trinajstić information content (AvgIpc) is 2.75. The highest BCUT2D eigenvalue weighted by atomic mass is 35.5. The third kappa shape index (κ3) is 2.50. The maximum atomic E-state index is 14.0. The van der Waals surface area contributed by atoms with Crippen LogP contribution in [0.15, 0.2) is 17.0 Å². The number of aliphatic hydroxyl groups is 1. The first-order valence-electron chi connectivity index (χ1n) is 6.16. The summed E-state index contributed by atoms with van der Waals surface area (Å²) in [6, 6.07) is 1.65. The minimum Gasteiger partial charge on any atom is -0.399 e. The Kier molecular flexibility index (Phi) is 4.24. The molecular weight excluding hydrogens is 307 g/mol. The highest BCUT2D eigenvalue weighted by Crippen LogP contribution is 2.33. The van der Waals surface area contributed by atoms with E-state index < -0.39 is 26.8 Å². The minimum atomic E-state index is -4.07. The highest BCUT2D eigenvalue weighted by Gasteiger charge is 2.40. The first kappa shape index (κ1) is 15.5. The lowest BCUT2D eigenvalue weighted by atomic mass is 10.0. The molecule has 0 saturated carbocycles. The van der Waals surface area contributed by atoms with Gasteiger partial charge in [-0.25, -0.2) is 12.8 Å². The third-order valence-electron chi connectivity index (χ3n) is 3.62. The lowest BCUT2D eigenvalue weighted by Crippen LogP contribution is -2.40. The van der Waals surface area contributed by atoms with Crippen molar-refractivity contribution in [3.63, 3.8) is 0 Å². The Labute approximate surface area is 122 Å². The van der Waals surface area contributed by atoms with E-state index in [0.29, 0.717) is 6.42 Å². The van der Waals surface area contributed by atoms with E-state index in [9.17, 15) is 17.9 Å². The van der Waals surface area contributed by atoms with Crippen LogP contribution >= 0.6 is 11.6 Å². The predicted octanol–water partition coefficient (Wildman–Crippen LogP) is 1.45. The topological polar surface area (TPSA) is 83.6 Å². The highest BCUT2D eigenvalue weighted by molar-refractivity contribution is 7.89. The molecule has 1 aromatic carbocycles. The maximum Gasteiger partial charge on any atom is 0.246 e. The van der Waals surface area contributed by atoms with Crippen LogP contribution in [0.1, 0.15) is 13.3 Å². The molecule has 3 N–H and O–H groups in total. The van der Waals surface area contributed by atoms with E-state index in [1.54, 1.807) is 0 Å². The largest absolute Gasteiger partial charge is 0.399 e. The molecule has 20 heavy (non-hydrogen) atoms. The Morgan fingerprint density at radius 3 is 2.80 bits per heavy atom. The summed E-state index contributed by atoms with van der Waals surface area (Å²) in [5.41, 5.74) is 5.61. The van der Waals surface area contributed by atoms with Crippen molar-refractivity contribution in [3.05, 3.63) is 23.0 Å². The van der Waals surface area contributed by atoms with Crippen LogP contribution in [0.2, 0.25) is 5.02 Å². The number of nitrogens with two attached hydrogens (primary N) is 1. The van der Waals surface area contributed by atoms with Crippen LogP contribution < -0.4 is 5.73 Å². The van der Waals surface area contributed by atoms with Crippen LogP contribution in [0, 0.1) is 11.7 Å². The van der Waals surface area contributed by atoms with Gasteiger partial charge in [0.15, 0.2) is 5.82 Å². The fourth-order valence-electron chi connectivity index (χ4n) is 2.44. The first-order valence-corrected chi connectivity index (χ1v) is 7.98. The van der Waals surface area contributed by atoms with E-state index in [1.807, 2.05) is 6.92 Å². The van der Waals surface area contributed by atoms with Gasteiger partial charge in [-0.3, -0.25) is 0 Å². The number of hydrogen-bond donors (Lipinski definition) is 2. The quantitative estimate of drug-likeness (QED) is 0.825. The van der Waals surface area contributed by atoms with Crippen LogP contribution in [0.25, 0.3) is 0 Å². The van der Waals surface area contributed by atoms with Crippen molar-refractivity contribution < 1.29 is 17.9 Å². The normalized spacial score (nSPS) is 24.2. The molecule has 0 spiro atoms. The third-order valence-corrected chi connectivity index (χ3v) is 5.82. The molecule has 0 bridgehead atoms. The van der Waals surface area contributed by atoms with E-state index >= 15 is 0 Å². The van der Waals surface area contributed by atoms with Crippen molar-refractivity contribution in [2.75, 3.05) is 18.9 Å². The fraction of sp³-hybridized carbons (Fsp3) is 0.500. The summed E-state index contributed by atoms with van der Waals surface area (Å²) in [6.45, 7) is 1.78. The van der Waals surface area contributed by atoms with E-state index in [4.69, 9.17) is 17.3 Å². The van der Waals surface area contributed by atoms with E-state index in [0.717, 1.165) is 16.4 Å². The molecule has 0 aromatic heterocycles. The SMILES string of the molecule is CC1CCN(S(=O)(=O)c2cc(N)cc(Cl)c2F)C1CO. The summed E-state index contributed by atoms with van der Waals surface area (Å²) in [5, 5.41) is 9.01. The Morgan fingerprint density at radius 2 is 2.20 bits per heavy atom. The molecule has 5 nitrogen and oxygen atoms in total. The zero-order valence-electron chi connectivity index (χ0n) is 10.9. The number of benzene rings is 1. The van der Waals surface area contributed by atoms with Crippen LogP contribution in [0.3, 0.4) is 0 Å². The maximum absolute atomic E-state index is 14.0. The lowest BCUT2D eigenvalue weighted by molar-refractivity contribution is 0.191. The van der Waals surface area contributed by atoms with E-state index in [2.05, 4.69) is 0 Å². The number of nitrogens with zero attached hydrogens (tertiary/aromatic N) is 1. The van der Waals surface area contributed by atoms with Crippen molar-refractivity contribution in [1.29, 1.82) is 0 Å². The summed E-state index contributed by atoms with van der Waals surface area (Å²) in [4.78, 5) is -0.546. The van der Waals surface area contributed by atoms with Crippen LogP contribution in [-0.2, 0) is 10.0 Å². The van der Waals surface area contributed by atoms with Gasteiger partial charge in [0.2, 0.25) is 10.0 Å². The molecule has 8 heteroatoms. The second-order valence-electron chi connectivity index (χ2n) is 4.95. The van der Waals surface area contributed by atoms with Crippen LogP contribution in [0.4, 0.5) is 10.1 Å². The molecule has 0 aliphatic carbocycles. The van der Waals surface area contributed by atoms with Crippen LogP contribution in [-0.4, -0.2) is 37.0 Å². The number of halogens is 2. The van der Waals surface area contributed by atoms with Gasteiger partial charge in [-0.2, -0.15) is 4.31 Å². The number of aliphatic hydroxyl groups excluding tert-OH is 1. The number of nitrogen functional groups attached to an aromatic ring is 1. The molecule has 1 aromatic rings. The number of sulfonamides is 1. The zero-order valence-corrected chi connectivity index (χ0v) is 12.5. The lowest BCUT2D eigenvalue weighted by Gasteiger charge is -2.25. The minimum absolute atomic E-state index is 0.00867. The van der Waals surface area contributed by atoms with Gasteiger partial charge in [-0.05, 0) is 24.5 Å². The van der Waals surface area contributed by atoms with Crippen molar-refractivity contribution >= 4 is 27.3 Å². The molecule has 1 saturated heterocycles. The molecule has 112 valence electrons. The van der Waals surface area contributed by atoms with Crippen molar-refractivity contribution in [2.24, 2.45) is 5.92 Å². The zero-order chi connectivity index (χ0) is 15.1. The summed E-state index contributed by atoms with van der Waals surface area (Å²) >= 11 is 5.64. The molecule has 0 amide bonds. The van der Waals surface area contributed by atoms with Gasteiger partial charge in [0, 0.05) is 12.2 Å². The summed E-state index contributed by atoms with van der Waals surface area (Å²) < 4.78 is 40.2. The standard InChI is InChI=1S/C12H16ClFN2O3S/c1-7-2-3-16(10(7)6-17)20(18,19)11-5-8(15)4-9(13)12(11)14/h4-5,7,10,17H,2-3,6,15H2,1H3. The summed E-state index contributed by atoms with van der Waals surface area (Å²) in [5.74, 6) is -1.01. The second-order valence-corrected chi connectivity index (χ2v) is 7.21. The first-order chi connectivity index (χ1) is 9.28. The Hall–Kier alpha value is -0.890. The van der Waals surface area contributed by atoms with Gasteiger partial charge in [0.05, 0.1) is 17.7 Å². The monoisotopic (exact) mass is 322 g/mol.